The lowest BCUT2D eigenvalue weighted by Crippen LogP contribution is -2.18. The maximum absolute atomic E-state index is 12.9. The molecule has 34 heavy (non-hydrogen) atoms. The lowest BCUT2D eigenvalue weighted by Gasteiger charge is -2.30. The van der Waals surface area contributed by atoms with Gasteiger partial charge < -0.3 is 14.2 Å². The molecule has 4 aromatic carbocycles. The van der Waals surface area contributed by atoms with E-state index in [0.29, 0.717) is 22.9 Å². The first-order valence-electron chi connectivity index (χ1n) is 10.7. The van der Waals surface area contributed by atoms with E-state index in [2.05, 4.69) is 4.72 Å². The molecule has 0 amide bonds. The second-order valence-corrected chi connectivity index (χ2v) is 9.51. The van der Waals surface area contributed by atoms with Gasteiger partial charge in [-0.1, -0.05) is 42.5 Å². The zero-order chi connectivity index (χ0) is 23.7. The fourth-order valence-corrected chi connectivity index (χ4v) is 5.24. The standard InChI is InChI=1S/C27H23NO5S/c1-31-20-9-6-8-18(16-20)27-23-17-19(28-34(29,30)21-10-4-3-5-11-21)14-15-22(23)26-24(32-2)12-7-13-25(26)33-27/h3-17,27-28H,1-2H3. The van der Waals surface area contributed by atoms with Crippen LogP contribution in [0.2, 0.25) is 0 Å². The van der Waals surface area contributed by atoms with Gasteiger partial charge in [-0.15, -0.1) is 0 Å². The Morgan fingerprint density at radius 3 is 2.38 bits per heavy atom. The zero-order valence-corrected chi connectivity index (χ0v) is 19.5. The summed E-state index contributed by atoms with van der Waals surface area (Å²) < 4.78 is 46.0. The first-order chi connectivity index (χ1) is 16.5. The molecule has 0 saturated heterocycles. The maximum atomic E-state index is 12.9. The summed E-state index contributed by atoms with van der Waals surface area (Å²) in [7, 11) is -0.508. The van der Waals surface area contributed by atoms with E-state index in [1.807, 2.05) is 54.6 Å². The van der Waals surface area contributed by atoms with Crippen LogP contribution in [0.25, 0.3) is 11.1 Å². The van der Waals surface area contributed by atoms with Crippen molar-refractivity contribution >= 4 is 15.7 Å². The lowest BCUT2D eigenvalue weighted by molar-refractivity contribution is 0.241. The molecule has 1 atom stereocenters. The van der Waals surface area contributed by atoms with Crippen molar-refractivity contribution in [3.05, 3.63) is 102 Å². The molecule has 0 spiro atoms. The van der Waals surface area contributed by atoms with Gasteiger partial charge in [0, 0.05) is 16.8 Å². The van der Waals surface area contributed by atoms with E-state index in [1.54, 1.807) is 50.6 Å². The van der Waals surface area contributed by atoms with E-state index in [0.717, 1.165) is 22.3 Å². The molecule has 0 fully saturated rings. The third-order valence-electron chi connectivity index (χ3n) is 5.76. The molecular formula is C27H23NO5S. The third kappa shape index (κ3) is 3.95. The van der Waals surface area contributed by atoms with Crippen LogP contribution in [-0.4, -0.2) is 22.6 Å². The second kappa shape index (κ2) is 8.76. The van der Waals surface area contributed by atoms with Crippen LogP contribution in [0.15, 0.2) is 95.9 Å². The molecule has 6 nitrogen and oxygen atoms in total. The number of anilines is 1. The molecule has 172 valence electrons. The Morgan fingerprint density at radius 2 is 1.62 bits per heavy atom. The summed E-state index contributed by atoms with van der Waals surface area (Å²) in [6.45, 7) is 0. The van der Waals surface area contributed by atoms with Gasteiger partial charge in [0.1, 0.15) is 23.4 Å². The highest BCUT2D eigenvalue weighted by Crippen LogP contribution is 2.49. The minimum atomic E-state index is -3.74. The summed E-state index contributed by atoms with van der Waals surface area (Å²) in [5, 5.41) is 0. The summed E-state index contributed by atoms with van der Waals surface area (Å²) in [4.78, 5) is 0.195. The number of methoxy groups -OCH3 is 2. The summed E-state index contributed by atoms with van der Waals surface area (Å²) >= 11 is 0. The van der Waals surface area contributed by atoms with Crippen LogP contribution in [0, 0.1) is 0 Å². The molecule has 0 saturated carbocycles. The Bertz CT molecular complexity index is 1450. The minimum absolute atomic E-state index is 0.195. The zero-order valence-electron chi connectivity index (χ0n) is 18.7. The van der Waals surface area contributed by atoms with Crippen molar-refractivity contribution in [3.63, 3.8) is 0 Å². The van der Waals surface area contributed by atoms with E-state index >= 15 is 0 Å². The van der Waals surface area contributed by atoms with E-state index < -0.39 is 16.1 Å². The van der Waals surface area contributed by atoms with Crippen LogP contribution < -0.4 is 18.9 Å². The molecule has 4 aromatic rings. The van der Waals surface area contributed by atoms with Crippen molar-refractivity contribution in [2.75, 3.05) is 18.9 Å². The molecule has 0 aliphatic carbocycles. The van der Waals surface area contributed by atoms with Crippen molar-refractivity contribution in [3.8, 4) is 28.4 Å². The normalized spacial score (nSPS) is 14.4. The van der Waals surface area contributed by atoms with Crippen LogP contribution in [-0.2, 0) is 10.0 Å². The molecule has 1 N–H and O–H groups in total. The highest BCUT2D eigenvalue weighted by atomic mass is 32.2. The molecule has 1 unspecified atom stereocenters. The number of nitrogens with one attached hydrogen (secondary N) is 1. The van der Waals surface area contributed by atoms with Crippen molar-refractivity contribution in [1.82, 2.24) is 0 Å². The molecule has 5 rings (SSSR count). The largest absolute Gasteiger partial charge is 0.497 e. The van der Waals surface area contributed by atoms with Gasteiger partial charge in [0.15, 0.2) is 0 Å². The van der Waals surface area contributed by atoms with Gasteiger partial charge in [0.25, 0.3) is 10.0 Å². The van der Waals surface area contributed by atoms with Gasteiger partial charge in [-0.05, 0) is 54.1 Å². The Morgan fingerprint density at radius 1 is 0.824 bits per heavy atom. The molecule has 1 aliphatic rings. The van der Waals surface area contributed by atoms with Gasteiger partial charge in [-0.3, -0.25) is 4.72 Å². The number of benzene rings is 4. The summed E-state index contributed by atoms with van der Waals surface area (Å²) in [5.74, 6) is 2.08. The van der Waals surface area contributed by atoms with Crippen LogP contribution in [0.1, 0.15) is 17.2 Å². The molecule has 0 aromatic heterocycles. The maximum Gasteiger partial charge on any atom is 0.261 e. The van der Waals surface area contributed by atoms with E-state index in [1.165, 1.54) is 0 Å². The fraction of sp³-hybridized carbons (Fsp3) is 0.111. The van der Waals surface area contributed by atoms with Gasteiger partial charge in [0.05, 0.1) is 24.7 Å². The third-order valence-corrected chi connectivity index (χ3v) is 7.16. The van der Waals surface area contributed by atoms with E-state index in [9.17, 15) is 8.42 Å². The molecule has 0 radical (unpaired) electrons. The summed E-state index contributed by atoms with van der Waals surface area (Å²) in [5.41, 5.74) is 3.89. The smallest absolute Gasteiger partial charge is 0.261 e. The molecule has 0 bridgehead atoms. The Hall–Kier alpha value is -3.97. The van der Waals surface area contributed by atoms with Crippen LogP contribution in [0.5, 0.6) is 17.2 Å². The average molecular weight is 474 g/mol. The molecular weight excluding hydrogens is 450 g/mol. The van der Waals surface area contributed by atoms with Crippen LogP contribution in [0.3, 0.4) is 0 Å². The van der Waals surface area contributed by atoms with Gasteiger partial charge >= 0.3 is 0 Å². The number of hydrogen-bond acceptors (Lipinski definition) is 5. The first-order valence-corrected chi connectivity index (χ1v) is 12.2. The Labute approximate surface area is 198 Å². The molecule has 7 heteroatoms. The van der Waals surface area contributed by atoms with Crippen LogP contribution in [0.4, 0.5) is 5.69 Å². The molecule has 1 aliphatic heterocycles. The number of hydrogen-bond donors (Lipinski definition) is 1. The predicted molar refractivity (Wildman–Crippen MR) is 131 cm³/mol. The highest BCUT2D eigenvalue weighted by Gasteiger charge is 2.30. The Balaban J connectivity index is 1.64. The summed E-state index contributed by atoms with van der Waals surface area (Å²) in [6, 6.07) is 27.1. The highest BCUT2D eigenvalue weighted by molar-refractivity contribution is 7.92. The summed E-state index contributed by atoms with van der Waals surface area (Å²) in [6.07, 6.45) is -0.467. The van der Waals surface area contributed by atoms with Gasteiger partial charge in [-0.25, -0.2) is 8.42 Å². The lowest BCUT2D eigenvalue weighted by atomic mass is 9.88. The van der Waals surface area contributed by atoms with Crippen LogP contribution >= 0.6 is 0 Å². The van der Waals surface area contributed by atoms with Crippen molar-refractivity contribution < 1.29 is 22.6 Å². The van der Waals surface area contributed by atoms with Crippen molar-refractivity contribution in [2.45, 2.75) is 11.0 Å². The quantitative estimate of drug-likeness (QED) is 0.392. The minimum Gasteiger partial charge on any atom is -0.497 e. The number of ether oxygens (including phenoxy) is 3. The van der Waals surface area contributed by atoms with Gasteiger partial charge in [0.2, 0.25) is 0 Å². The van der Waals surface area contributed by atoms with Crippen molar-refractivity contribution in [2.24, 2.45) is 0 Å². The first kappa shape index (κ1) is 21.9. The number of sulfonamides is 1. The fourth-order valence-electron chi connectivity index (χ4n) is 4.17. The van der Waals surface area contributed by atoms with E-state index in [4.69, 9.17) is 14.2 Å². The van der Waals surface area contributed by atoms with Gasteiger partial charge in [-0.2, -0.15) is 0 Å². The average Bonchev–Trinajstić information content (AvgIpc) is 2.88. The Kier molecular flexibility index (Phi) is 5.63. The predicted octanol–water partition coefficient (Wildman–Crippen LogP) is 5.65. The SMILES string of the molecule is COc1cccc(C2Oc3cccc(OC)c3-c3ccc(NS(=O)(=O)c4ccccc4)cc32)c1. The topological polar surface area (TPSA) is 73.9 Å². The van der Waals surface area contributed by atoms with E-state index in [-0.39, 0.29) is 4.90 Å². The number of fused-ring (bicyclic) bond motifs is 3. The molecule has 1 heterocycles. The monoisotopic (exact) mass is 473 g/mol. The second-order valence-electron chi connectivity index (χ2n) is 7.83. The number of rotatable bonds is 6. The van der Waals surface area contributed by atoms with Crippen molar-refractivity contribution in [1.29, 1.82) is 0 Å².